The standard InChI is InChI=1S/C26H27NO3S2/c1-20-6-14-24(15-7-20)31(28,27-32(29,30)25-16-8-21(2)9-17-25)19-18-22-10-12-23(13-11-22)26(3,4)5/h6-17H,1-5H3. The molecule has 0 saturated carbocycles. The molecule has 4 nitrogen and oxygen atoms in total. The smallest absolute Gasteiger partial charge is 0.230 e. The first-order chi connectivity index (χ1) is 14.9. The van der Waals surface area contributed by atoms with Gasteiger partial charge in [0.15, 0.2) is 9.73 Å². The predicted molar refractivity (Wildman–Crippen MR) is 130 cm³/mol. The van der Waals surface area contributed by atoms with Crippen LogP contribution in [0.1, 0.15) is 43.0 Å². The Labute approximate surface area is 192 Å². The van der Waals surface area contributed by atoms with Crippen molar-refractivity contribution in [3.8, 4) is 11.2 Å². The number of rotatable bonds is 3. The Morgan fingerprint density at radius 3 is 1.62 bits per heavy atom. The third-order valence-corrected chi connectivity index (χ3v) is 8.73. The summed E-state index contributed by atoms with van der Waals surface area (Å²) in [6, 6.07) is 20.7. The summed E-state index contributed by atoms with van der Waals surface area (Å²) in [6.07, 6.45) is 0. The fourth-order valence-electron chi connectivity index (χ4n) is 2.92. The Morgan fingerprint density at radius 2 is 1.16 bits per heavy atom. The van der Waals surface area contributed by atoms with Crippen LogP contribution in [0.2, 0.25) is 0 Å². The molecule has 0 saturated heterocycles. The van der Waals surface area contributed by atoms with E-state index in [-0.39, 0.29) is 15.2 Å². The minimum absolute atomic E-state index is 0.00114. The van der Waals surface area contributed by atoms with Gasteiger partial charge in [0.2, 0.25) is 0 Å². The molecule has 1 unspecified atom stereocenters. The lowest BCUT2D eigenvalue weighted by molar-refractivity contribution is 0.590. The van der Waals surface area contributed by atoms with Gasteiger partial charge in [-0.25, -0.2) is 4.21 Å². The van der Waals surface area contributed by atoms with E-state index in [0.29, 0.717) is 5.56 Å². The average Bonchev–Trinajstić information content (AvgIpc) is 2.72. The summed E-state index contributed by atoms with van der Waals surface area (Å²) in [4.78, 5) is 0.247. The minimum Gasteiger partial charge on any atom is -0.230 e. The molecule has 32 heavy (non-hydrogen) atoms. The molecule has 0 aliphatic rings. The largest absolute Gasteiger partial charge is 0.291 e. The molecular formula is C26H27NO3S2. The van der Waals surface area contributed by atoms with Crippen LogP contribution in [0.25, 0.3) is 0 Å². The molecule has 0 N–H and O–H groups in total. The molecule has 1 atom stereocenters. The topological polar surface area (TPSA) is 63.6 Å². The van der Waals surface area contributed by atoms with E-state index in [0.717, 1.165) is 16.7 Å². The van der Waals surface area contributed by atoms with Gasteiger partial charge in [0, 0.05) is 10.8 Å². The molecule has 0 aliphatic heterocycles. The van der Waals surface area contributed by atoms with E-state index in [1.54, 1.807) is 36.4 Å². The molecule has 3 aromatic carbocycles. The average molecular weight is 466 g/mol. The summed E-state index contributed by atoms with van der Waals surface area (Å²) in [7, 11) is -7.74. The Bertz CT molecular complexity index is 1390. The van der Waals surface area contributed by atoms with Crippen LogP contribution in [-0.2, 0) is 25.2 Å². The molecule has 0 fully saturated rings. The molecule has 166 valence electrons. The van der Waals surface area contributed by atoms with E-state index in [4.69, 9.17) is 0 Å². The maximum Gasteiger partial charge on any atom is 0.291 e. The van der Waals surface area contributed by atoms with Crippen LogP contribution in [0.3, 0.4) is 0 Å². The van der Waals surface area contributed by atoms with Crippen LogP contribution in [-0.4, -0.2) is 12.6 Å². The lowest BCUT2D eigenvalue weighted by Crippen LogP contribution is -2.10. The Balaban J connectivity index is 2.14. The van der Waals surface area contributed by atoms with Gasteiger partial charge < -0.3 is 0 Å². The molecule has 0 amide bonds. The van der Waals surface area contributed by atoms with E-state index in [1.165, 1.54) is 12.1 Å². The number of sulfonamides is 1. The first kappa shape index (κ1) is 23.8. The molecule has 0 heterocycles. The first-order valence-electron chi connectivity index (χ1n) is 10.2. The SMILES string of the molecule is Cc1ccc(S(=O)(=O)N=S(=O)(C#Cc2ccc(C(C)(C)C)cc2)c2ccc(C)cc2)cc1. The second-order valence-corrected chi connectivity index (χ2v) is 12.5. The van der Waals surface area contributed by atoms with Crippen molar-refractivity contribution in [2.45, 2.75) is 49.8 Å². The summed E-state index contributed by atoms with van der Waals surface area (Å²) in [6.45, 7) is 10.1. The summed E-state index contributed by atoms with van der Waals surface area (Å²) in [5.74, 6) is 2.88. The van der Waals surface area contributed by atoms with Gasteiger partial charge in [-0.05, 0) is 61.2 Å². The van der Waals surface area contributed by atoms with Crippen LogP contribution in [0, 0.1) is 25.0 Å². The van der Waals surface area contributed by atoms with Crippen molar-refractivity contribution in [1.82, 2.24) is 0 Å². The third kappa shape index (κ3) is 5.67. The van der Waals surface area contributed by atoms with Crippen molar-refractivity contribution in [1.29, 1.82) is 0 Å². The number of benzene rings is 3. The maximum atomic E-state index is 13.8. The molecule has 6 heteroatoms. The third-order valence-electron chi connectivity index (χ3n) is 4.95. The highest BCUT2D eigenvalue weighted by molar-refractivity contribution is 8.06. The van der Waals surface area contributed by atoms with Gasteiger partial charge >= 0.3 is 0 Å². The fraction of sp³-hybridized carbons (Fsp3) is 0.231. The molecule has 3 aromatic rings. The van der Waals surface area contributed by atoms with Crippen LogP contribution >= 0.6 is 0 Å². The van der Waals surface area contributed by atoms with Crippen molar-refractivity contribution in [3.63, 3.8) is 0 Å². The van der Waals surface area contributed by atoms with Gasteiger partial charge in [-0.3, -0.25) is 0 Å². The highest BCUT2D eigenvalue weighted by Crippen LogP contribution is 2.23. The predicted octanol–water partition coefficient (Wildman–Crippen LogP) is 5.83. The summed E-state index contributed by atoms with van der Waals surface area (Å²) in [5.41, 5.74) is 3.66. The van der Waals surface area contributed by atoms with Crippen molar-refractivity contribution in [2.24, 2.45) is 3.77 Å². The first-order valence-corrected chi connectivity index (χ1v) is 13.1. The highest BCUT2D eigenvalue weighted by Gasteiger charge is 2.20. The Hall–Kier alpha value is -2.88. The van der Waals surface area contributed by atoms with Gasteiger partial charge in [0.05, 0.1) is 9.79 Å². The van der Waals surface area contributed by atoms with E-state index < -0.39 is 19.8 Å². The van der Waals surface area contributed by atoms with Crippen molar-refractivity contribution >= 4 is 19.8 Å². The van der Waals surface area contributed by atoms with Crippen molar-refractivity contribution in [2.75, 3.05) is 0 Å². The zero-order valence-electron chi connectivity index (χ0n) is 18.9. The molecule has 0 bridgehead atoms. The fourth-order valence-corrected chi connectivity index (χ4v) is 6.22. The number of aryl methyl sites for hydroxylation is 2. The summed E-state index contributed by atoms with van der Waals surface area (Å²) < 4.78 is 43.6. The second-order valence-electron chi connectivity index (χ2n) is 8.76. The van der Waals surface area contributed by atoms with Crippen LogP contribution in [0.5, 0.6) is 0 Å². The highest BCUT2D eigenvalue weighted by atomic mass is 32.3. The monoisotopic (exact) mass is 465 g/mol. The maximum absolute atomic E-state index is 13.8. The van der Waals surface area contributed by atoms with E-state index in [2.05, 4.69) is 35.7 Å². The number of nitrogens with zero attached hydrogens (tertiary/aromatic N) is 1. The number of hydrogen-bond acceptors (Lipinski definition) is 3. The van der Waals surface area contributed by atoms with Gasteiger partial charge in [-0.1, -0.05) is 78.0 Å². The minimum atomic E-state index is -4.18. The van der Waals surface area contributed by atoms with Crippen LogP contribution in [0.15, 0.2) is 86.4 Å². The molecule has 3 rings (SSSR count). The Kier molecular flexibility index (Phi) is 6.64. The molecule has 0 aromatic heterocycles. The van der Waals surface area contributed by atoms with Gasteiger partial charge in [-0.2, -0.15) is 8.42 Å². The van der Waals surface area contributed by atoms with Gasteiger partial charge in [0.25, 0.3) is 10.0 Å². The molecular weight excluding hydrogens is 438 g/mol. The lowest BCUT2D eigenvalue weighted by atomic mass is 9.87. The van der Waals surface area contributed by atoms with Crippen molar-refractivity contribution in [3.05, 3.63) is 95.1 Å². The lowest BCUT2D eigenvalue weighted by Gasteiger charge is -2.18. The van der Waals surface area contributed by atoms with Gasteiger partial charge in [0.1, 0.15) is 0 Å². The quantitative estimate of drug-likeness (QED) is 0.458. The van der Waals surface area contributed by atoms with E-state index in [1.807, 2.05) is 38.1 Å². The second kappa shape index (κ2) is 8.93. The zero-order valence-corrected chi connectivity index (χ0v) is 20.5. The van der Waals surface area contributed by atoms with Crippen molar-refractivity contribution < 1.29 is 12.6 Å². The molecule has 0 aliphatic carbocycles. The summed E-state index contributed by atoms with van der Waals surface area (Å²) >= 11 is 0. The van der Waals surface area contributed by atoms with Gasteiger partial charge in [-0.15, -0.1) is 0 Å². The van der Waals surface area contributed by atoms with E-state index >= 15 is 0 Å². The van der Waals surface area contributed by atoms with Crippen LogP contribution < -0.4 is 0 Å². The molecule has 0 radical (unpaired) electrons. The number of hydrogen-bond donors (Lipinski definition) is 0. The summed E-state index contributed by atoms with van der Waals surface area (Å²) in [5, 5.41) is 2.68. The normalized spacial score (nSPS) is 13.5. The van der Waals surface area contributed by atoms with E-state index in [9.17, 15) is 12.6 Å². The Morgan fingerprint density at radius 1 is 0.688 bits per heavy atom. The zero-order chi connectivity index (χ0) is 23.6. The molecule has 0 spiro atoms. The van der Waals surface area contributed by atoms with Crippen LogP contribution in [0.4, 0.5) is 0 Å².